The lowest BCUT2D eigenvalue weighted by molar-refractivity contribution is 1.21. The second kappa shape index (κ2) is 18.5. The summed E-state index contributed by atoms with van der Waals surface area (Å²) in [5, 5.41) is 0. The summed E-state index contributed by atoms with van der Waals surface area (Å²) >= 11 is 0. The molecule has 0 aliphatic rings. The zero-order valence-corrected chi connectivity index (χ0v) is 38.0. The van der Waals surface area contributed by atoms with Crippen LogP contribution in [0.25, 0.3) is 55.6 Å². The zero-order valence-electron chi connectivity index (χ0n) is 38.0. The van der Waals surface area contributed by atoms with E-state index in [-0.39, 0.29) is 0 Å². The van der Waals surface area contributed by atoms with Crippen molar-refractivity contribution >= 4 is 34.1 Å². The van der Waals surface area contributed by atoms with Crippen LogP contribution in [0, 0.1) is 27.7 Å². The molecule has 0 aliphatic carbocycles. The maximum absolute atomic E-state index is 2.45. The molecule has 318 valence electrons. The maximum atomic E-state index is 2.45. The second-order valence-electron chi connectivity index (χ2n) is 17.2. The van der Waals surface area contributed by atoms with Crippen molar-refractivity contribution in [2.75, 3.05) is 9.80 Å². The molecule has 0 amide bonds. The molecular weight excluding hydrogens is 797 g/mol. The van der Waals surface area contributed by atoms with Crippen LogP contribution in [-0.4, -0.2) is 0 Å². The summed E-state index contributed by atoms with van der Waals surface area (Å²) in [6, 6.07) is 87.8. The lowest BCUT2D eigenvalue weighted by atomic mass is 9.93. The fraction of sp³-hybridized carbons (Fsp3) is 0.0625. The van der Waals surface area contributed by atoms with Gasteiger partial charge in [-0.05, 0) is 155 Å². The predicted octanol–water partition coefficient (Wildman–Crippen LogP) is 18.2. The molecule has 0 unspecified atom stereocenters. The molecule has 0 N–H and O–H groups in total. The van der Waals surface area contributed by atoms with Gasteiger partial charge in [0.05, 0.1) is 22.7 Å². The van der Waals surface area contributed by atoms with E-state index in [4.69, 9.17) is 0 Å². The minimum atomic E-state index is 1.11. The maximum Gasteiger partial charge on any atom is 0.0540 e. The van der Waals surface area contributed by atoms with E-state index in [9.17, 15) is 0 Å². The molecule has 0 spiro atoms. The number of hydrogen-bond acceptors (Lipinski definition) is 2. The molecule has 10 rings (SSSR count). The Morgan fingerprint density at radius 3 is 0.803 bits per heavy atom. The number of aryl methyl sites for hydroxylation is 4. The first-order valence-electron chi connectivity index (χ1n) is 22.8. The number of benzene rings is 10. The molecule has 0 saturated carbocycles. The average Bonchev–Trinajstić information content (AvgIpc) is 3.37. The molecule has 10 aromatic carbocycles. The molecule has 0 bridgehead atoms. The lowest BCUT2D eigenvalue weighted by Crippen LogP contribution is -2.14. The standard InChI is InChI=1S/C64H52N2/c1-45-41-55(42-46(2)63(45)65(57-37-33-51(34-38-57)49-21-9-5-10-22-49)61-31-19-17-29-59(61)53-25-13-7-14-26-53)56-43-47(3)64(48(4)44-56)66(58-39-35-52(36-40-58)50-23-11-6-12-24-50)62-32-20-18-30-60(62)54-27-15-8-16-28-54/h5-44H,1-4H3. The Labute approximate surface area is 390 Å². The molecule has 0 radical (unpaired) electrons. The van der Waals surface area contributed by atoms with Gasteiger partial charge in [-0.25, -0.2) is 0 Å². The van der Waals surface area contributed by atoms with Crippen LogP contribution < -0.4 is 9.80 Å². The Kier molecular flexibility index (Phi) is 11.7. The van der Waals surface area contributed by atoms with Crippen molar-refractivity contribution in [1.82, 2.24) is 0 Å². The van der Waals surface area contributed by atoms with E-state index in [1.807, 2.05) is 0 Å². The minimum Gasteiger partial charge on any atom is -0.309 e. The third-order valence-electron chi connectivity index (χ3n) is 12.7. The summed E-state index contributed by atoms with van der Waals surface area (Å²) < 4.78 is 0. The Balaban J connectivity index is 1.08. The van der Waals surface area contributed by atoms with Crippen molar-refractivity contribution in [1.29, 1.82) is 0 Å². The summed E-state index contributed by atoms with van der Waals surface area (Å²) in [5.41, 5.74) is 23.6. The minimum absolute atomic E-state index is 1.11. The highest BCUT2D eigenvalue weighted by Crippen LogP contribution is 2.47. The fourth-order valence-electron chi connectivity index (χ4n) is 9.66. The molecule has 0 saturated heterocycles. The number of anilines is 6. The second-order valence-corrected chi connectivity index (χ2v) is 17.2. The van der Waals surface area contributed by atoms with Gasteiger partial charge in [0.1, 0.15) is 0 Å². The largest absolute Gasteiger partial charge is 0.309 e. The van der Waals surface area contributed by atoms with Crippen molar-refractivity contribution in [2.45, 2.75) is 27.7 Å². The van der Waals surface area contributed by atoms with E-state index in [2.05, 4.69) is 280 Å². The van der Waals surface area contributed by atoms with Crippen molar-refractivity contribution < 1.29 is 0 Å². The lowest BCUT2D eigenvalue weighted by Gasteiger charge is -2.32. The Morgan fingerprint density at radius 2 is 0.485 bits per heavy atom. The van der Waals surface area contributed by atoms with Gasteiger partial charge in [-0.1, -0.05) is 182 Å². The number of hydrogen-bond donors (Lipinski definition) is 0. The molecule has 0 atom stereocenters. The Morgan fingerprint density at radius 1 is 0.227 bits per heavy atom. The van der Waals surface area contributed by atoms with Gasteiger partial charge >= 0.3 is 0 Å². The average molecular weight is 849 g/mol. The van der Waals surface area contributed by atoms with Gasteiger partial charge in [-0.15, -0.1) is 0 Å². The molecular formula is C64H52N2. The summed E-state index contributed by atoms with van der Waals surface area (Å²) in [5.74, 6) is 0. The highest BCUT2D eigenvalue weighted by molar-refractivity contribution is 5.93. The molecule has 0 aliphatic heterocycles. The van der Waals surface area contributed by atoms with Gasteiger partial charge in [0.2, 0.25) is 0 Å². The van der Waals surface area contributed by atoms with Crippen LogP contribution in [-0.2, 0) is 0 Å². The number of nitrogens with zero attached hydrogens (tertiary/aromatic N) is 2. The van der Waals surface area contributed by atoms with Crippen molar-refractivity contribution in [2.24, 2.45) is 0 Å². The normalized spacial score (nSPS) is 11.0. The van der Waals surface area contributed by atoms with Crippen LogP contribution >= 0.6 is 0 Å². The summed E-state index contributed by atoms with van der Waals surface area (Å²) in [6.45, 7) is 9.05. The number of rotatable bonds is 11. The molecule has 2 nitrogen and oxygen atoms in total. The van der Waals surface area contributed by atoms with Gasteiger partial charge < -0.3 is 9.80 Å². The first-order valence-corrected chi connectivity index (χ1v) is 22.8. The summed E-state index contributed by atoms with van der Waals surface area (Å²) in [4.78, 5) is 4.91. The van der Waals surface area contributed by atoms with Gasteiger partial charge in [0.15, 0.2) is 0 Å². The molecule has 0 fully saturated rings. The van der Waals surface area contributed by atoms with Crippen LogP contribution in [0.3, 0.4) is 0 Å². The smallest absolute Gasteiger partial charge is 0.0540 e. The highest BCUT2D eigenvalue weighted by Gasteiger charge is 2.24. The third kappa shape index (κ3) is 8.33. The molecule has 0 aromatic heterocycles. The zero-order chi connectivity index (χ0) is 45.0. The van der Waals surface area contributed by atoms with E-state index in [1.165, 1.54) is 89.3 Å². The quantitative estimate of drug-likeness (QED) is 0.128. The third-order valence-corrected chi connectivity index (χ3v) is 12.7. The molecule has 2 heteroatoms. The van der Waals surface area contributed by atoms with E-state index in [0.29, 0.717) is 0 Å². The van der Waals surface area contributed by atoms with Crippen LogP contribution in [0.2, 0.25) is 0 Å². The Bertz CT molecular complexity index is 2980. The fourth-order valence-corrected chi connectivity index (χ4v) is 9.66. The van der Waals surface area contributed by atoms with Crippen molar-refractivity contribution in [3.63, 3.8) is 0 Å². The monoisotopic (exact) mass is 848 g/mol. The van der Waals surface area contributed by atoms with Crippen molar-refractivity contribution in [3.05, 3.63) is 265 Å². The molecule has 10 aromatic rings. The van der Waals surface area contributed by atoms with Gasteiger partial charge in [-0.2, -0.15) is 0 Å². The van der Waals surface area contributed by atoms with E-state index >= 15 is 0 Å². The van der Waals surface area contributed by atoms with Crippen LogP contribution in [0.1, 0.15) is 22.3 Å². The molecule has 66 heavy (non-hydrogen) atoms. The van der Waals surface area contributed by atoms with Crippen LogP contribution in [0.15, 0.2) is 243 Å². The van der Waals surface area contributed by atoms with Gasteiger partial charge in [0, 0.05) is 22.5 Å². The predicted molar refractivity (Wildman–Crippen MR) is 282 cm³/mol. The first kappa shape index (κ1) is 41.8. The number of para-hydroxylation sites is 2. The highest BCUT2D eigenvalue weighted by atomic mass is 15.2. The van der Waals surface area contributed by atoms with Gasteiger partial charge in [0.25, 0.3) is 0 Å². The van der Waals surface area contributed by atoms with Crippen LogP contribution in [0.4, 0.5) is 34.1 Å². The summed E-state index contributed by atoms with van der Waals surface area (Å²) in [7, 11) is 0. The van der Waals surface area contributed by atoms with E-state index in [0.717, 1.165) is 22.7 Å². The van der Waals surface area contributed by atoms with Crippen LogP contribution in [0.5, 0.6) is 0 Å². The van der Waals surface area contributed by atoms with Gasteiger partial charge in [-0.3, -0.25) is 0 Å². The molecule has 0 heterocycles. The van der Waals surface area contributed by atoms with E-state index < -0.39 is 0 Å². The van der Waals surface area contributed by atoms with E-state index in [1.54, 1.807) is 0 Å². The topological polar surface area (TPSA) is 6.48 Å². The SMILES string of the molecule is Cc1cc(-c2cc(C)c(N(c3ccc(-c4ccccc4)cc3)c3ccccc3-c3ccccc3)c(C)c2)cc(C)c1N(c1ccc(-c2ccccc2)cc1)c1ccccc1-c1ccccc1. The van der Waals surface area contributed by atoms with Crippen molar-refractivity contribution in [3.8, 4) is 55.6 Å². The Hall–Kier alpha value is -8.20. The first-order chi connectivity index (χ1) is 32.4. The summed E-state index contributed by atoms with van der Waals surface area (Å²) in [6.07, 6.45) is 0.